The molecule has 0 aliphatic heterocycles. The van der Waals surface area contributed by atoms with Gasteiger partial charge < -0.3 is 36.4 Å². The Hall–Kier alpha value is -3.92. The van der Waals surface area contributed by atoms with Gasteiger partial charge in [0.25, 0.3) is 5.91 Å². The second-order valence-corrected chi connectivity index (χ2v) is 9.26. The number of hydrogen-bond acceptors (Lipinski definition) is 6. The van der Waals surface area contributed by atoms with Crippen LogP contribution < -0.4 is 21.1 Å². The topological polar surface area (TPSA) is 154 Å². The van der Waals surface area contributed by atoms with Crippen LogP contribution in [0.5, 0.6) is 5.75 Å². The molecule has 4 atom stereocenters. The van der Waals surface area contributed by atoms with E-state index in [1.807, 2.05) is 42.5 Å². The third-order valence-electron chi connectivity index (χ3n) is 6.23. The normalized spacial score (nSPS) is 14.9. The van der Waals surface area contributed by atoms with Crippen molar-refractivity contribution in [3.8, 4) is 5.75 Å². The molecule has 0 fully saturated rings. The first-order chi connectivity index (χ1) is 18.2. The van der Waals surface area contributed by atoms with Crippen molar-refractivity contribution < 1.29 is 29.6 Å². The zero-order chi connectivity index (χ0) is 27.4. The van der Waals surface area contributed by atoms with E-state index in [0.29, 0.717) is 12.2 Å². The Balaban J connectivity index is 1.65. The fourth-order valence-electron chi connectivity index (χ4n) is 4.23. The molecule has 3 aromatic carbocycles. The van der Waals surface area contributed by atoms with Gasteiger partial charge in [-0.05, 0) is 42.5 Å². The Morgan fingerprint density at radius 2 is 1.39 bits per heavy atom. The van der Waals surface area contributed by atoms with Gasteiger partial charge in [0.2, 0.25) is 0 Å². The number of hydrogen-bond donors (Lipinski definition) is 6. The highest BCUT2D eigenvalue weighted by atomic mass is 16.5. The van der Waals surface area contributed by atoms with Crippen molar-refractivity contribution in [1.82, 2.24) is 10.6 Å². The molecule has 202 valence electrons. The summed E-state index contributed by atoms with van der Waals surface area (Å²) in [4.78, 5) is 24.1. The molecular formula is C29H35N3O6. The molecule has 0 heterocycles. The maximum Gasteiger partial charge on any atom is 0.406 e. The average molecular weight is 522 g/mol. The van der Waals surface area contributed by atoms with Crippen molar-refractivity contribution in [2.75, 3.05) is 6.61 Å². The molecule has 0 aliphatic carbocycles. The summed E-state index contributed by atoms with van der Waals surface area (Å²) in [5.41, 5.74) is 6.31. The smallest absolute Gasteiger partial charge is 0.406 e. The molecule has 0 saturated carbocycles. The van der Waals surface area contributed by atoms with Crippen molar-refractivity contribution in [1.29, 1.82) is 0 Å². The Bertz CT molecular complexity index is 1130. The number of carboxylic acid groups (broad SMARTS) is 1. The lowest BCUT2D eigenvalue weighted by Crippen LogP contribution is -2.64. The maximum atomic E-state index is 12.7. The van der Waals surface area contributed by atoms with Crippen molar-refractivity contribution in [3.05, 3.63) is 102 Å². The molecule has 2 amide bonds. The average Bonchev–Trinajstić information content (AvgIpc) is 2.91. The van der Waals surface area contributed by atoms with Gasteiger partial charge in [0.15, 0.2) is 6.61 Å². The van der Waals surface area contributed by atoms with E-state index in [0.717, 1.165) is 11.1 Å². The van der Waals surface area contributed by atoms with E-state index in [9.17, 15) is 24.9 Å². The minimum Gasteiger partial charge on any atom is -0.484 e. The van der Waals surface area contributed by atoms with Gasteiger partial charge in [-0.1, -0.05) is 78.9 Å². The number of rotatable bonds is 14. The van der Waals surface area contributed by atoms with E-state index in [1.165, 1.54) is 0 Å². The van der Waals surface area contributed by atoms with Gasteiger partial charge in [-0.15, -0.1) is 0 Å². The van der Waals surface area contributed by atoms with Crippen LogP contribution in [0, 0.1) is 0 Å². The zero-order valence-corrected chi connectivity index (χ0v) is 21.1. The molecule has 3 rings (SSSR count). The minimum atomic E-state index is -1.67. The Labute approximate surface area is 222 Å². The molecular weight excluding hydrogens is 486 g/mol. The monoisotopic (exact) mass is 521 g/mol. The predicted molar refractivity (Wildman–Crippen MR) is 143 cm³/mol. The molecule has 0 aromatic heterocycles. The number of amides is 2. The van der Waals surface area contributed by atoms with Crippen LogP contribution >= 0.6 is 0 Å². The van der Waals surface area contributed by atoms with Crippen LogP contribution in [-0.4, -0.2) is 57.8 Å². The van der Waals surface area contributed by atoms with E-state index < -0.39 is 35.9 Å². The van der Waals surface area contributed by atoms with Gasteiger partial charge in [-0.2, -0.15) is 0 Å². The van der Waals surface area contributed by atoms with E-state index in [-0.39, 0.29) is 25.9 Å². The van der Waals surface area contributed by atoms with Crippen LogP contribution in [0.4, 0.5) is 4.79 Å². The summed E-state index contributed by atoms with van der Waals surface area (Å²) >= 11 is 0. The number of nitrogens with one attached hydrogen (secondary N) is 2. The summed E-state index contributed by atoms with van der Waals surface area (Å²) in [6.07, 6.45) is -3.26. The van der Waals surface area contributed by atoms with Crippen LogP contribution in [0.2, 0.25) is 0 Å². The molecule has 0 radical (unpaired) electrons. The molecule has 0 aliphatic rings. The molecule has 7 N–H and O–H groups in total. The second kappa shape index (κ2) is 14.1. The van der Waals surface area contributed by atoms with Crippen molar-refractivity contribution >= 4 is 12.0 Å². The van der Waals surface area contributed by atoms with Gasteiger partial charge >= 0.3 is 6.09 Å². The Kier molecular flexibility index (Phi) is 10.7. The first-order valence-corrected chi connectivity index (χ1v) is 12.5. The highest BCUT2D eigenvalue weighted by molar-refractivity contribution is 5.78. The molecule has 0 spiro atoms. The summed E-state index contributed by atoms with van der Waals surface area (Å²) in [5.74, 6) is 0.147. The van der Waals surface area contributed by atoms with Crippen LogP contribution in [0.25, 0.3) is 0 Å². The van der Waals surface area contributed by atoms with Crippen molar-refractivity contribution in [2.45, 2.75) is 49.6 Å². The van der Waals surface area contributed by atoms with Crippen molar-refractivity contribution in [2.24, 2.45) is 5.73 Å². The van der Waals surface area contributed by atoms with Crippen LogP contribution in [0.3, 0.4) is 0 Å². The lowest BCUT2D eigenvalue weighted by Gasteiger charge is -2.35. The fraction of sp³-hybridized carbons (Fsp3) is 0.310. The second-order valence-electron chi connectivity index (χ2n) is 9.26. The predicted octanol–water partition coefficient (Wildman–Crippen LogP) is 2.46. The van der Waals surface area contributed by atoms with Crippen LogP contribution in [0.1, 0.15) is 24.0 Å². The SMILES string of the molecule is NC(Cc1ccccc1)(NC(=O)O)C(O)CCC(O)C(Cc1ccccc1)NC(=O)COc1ccccc1. The number of aliphatic hydroxyl groups excluding tert-OH is 2. The van der Waals surface area contributed by atoms with E-state index >= 15 is 0 Å². The highest BCUT2D eigenvalue weighted by Gasteiger charge is 2.36. The molecule has 3 aromatic rings. The summed E-state index contributed by atoms with van der Waals surface area (Å²) in [6, 6.07) is 26.6. The zero-order valence-electron chi connectivity index (χ0n) is 21.1. The largest absolute Gasteiger partial charge is 0.484 e. The van der Waals surface area contributed by atoms with E-state index in [1.54, 1.807) is 48.5 Å². The quantitative estimate of drug-likeness (QED) is 0.178. The fourth-order valence-corrected chi connectivity index (χ4v) is 4.23. The number of carbonyl (C=O) groups is 2. The molecule has 38 heavy (non-hydrogen) atoms. The number of ether oxygens (including phenoxy) is 1. The third kappa shape index (κ3) is 9.19. The minimum absolute atomic E-state index is 0.00748. The first-order valence-electron chi connectivity index (χ1n) is 12.5. The summed E-state index contributed by atoms with van der Waals surface area (Å²) < 4.78 is 5.52. The lowest BCUT2D eigenvalue weighted by molar-refractivity contribution is -0.124. The summed E-state index contributed by atoms with van der Waals surface area (Å²) in [7, 11) is 0. The number of aliphatic hydroxyl groups is 2. The number of nitrogens with two attached hydrogens (primary N) is 1. The van der Waals surface area contributed by atoms with Gasteiger partial charge in [0.1, 0.15) is 11.4 Å². The molecule has 0 saturated heterocycles. The number of benzene rings is 3. The van der Waals surface area contributed by atoms with E-state index in [4.69, 9.17) is 10.5 Å². The van der Waals surface area contributed by atoms with Gasteiger partial charge in [-0.3, -0.25) is 4.79 Å². The van der Waals surface area contributed by atoms with Gasteiger partial charge in [0, 0.05) is 6.42 Å². The van der Waals surface area contributed by atoms with Gasteiger partial charge in [-0.25, -0.2) is 4.79 Å². The molecule has 9 nitrogen and oxygen atoms in total. The van der Waals surface area contributed by atoms with E-state index in [2.05, 4.69) is 10.6 Å². The highest BCUT2D eigenvalue weighted by Crippen LogP contribution is 2.19. The Morgan fingerprint density at radius 1 is 0.842 bits per heavy atom. The van der Waals surface area contributed by atoms with Crippen LogP contribution in [-0.2, 0) is 17.6 Å². The summed E-state index contributed by atoms with van der Waals surface area (Å²) in [6.45, 7) is -0.226. The number of carbonyl (C=O) groups excluding carboxylic acids is 1. The molecule has 9 heteroatoms. The first kappa shape index (κ1) is 28.6. The van der Waals surface area contributed by atoms with Crippen molar-refractivity contribution in [3.63, 3.8) is 0 Å². The molecule has 0 bridgehead atoms. The standard InChI is InChI=1S/C29H35N3O6/c30-29(32-28(36)37,19-22-12-6-2-7-13-22)26(34)17-16-25(33)24(18-21-10-4-1-5-11-21)31-27(35)20-38-23-14-8-3-9-15-23/h1-15,24-26,32-34H,16-20,30H2,(H,31,35)(H,36,37). The Morgan fingerprint density at radius 3 is 1.97 bits per heavy atom. The van der Waals surface area contributed by atoms with Gasteiger partial charge in [0.05, 0.1) is 18.2 Å². The number of para-hydroxylation sites is 1. The lowest BCUT2D eigenvalue weighted by atomic mass is 9.89. The third-order valence-corrected chi connectivity index (χ3v) is 6.23. The van der Waals surface area contributed by atoms with Crippen LogP contribution in [0.15, 0.2) is 91.0 Å². The summed E-state index contributed by atoms with van der Waals surface area (Å²) in [5, 5.41) is 36.4. The maximum absolute atomic E-state index is 12.7. The molecule has 4 unspecified atom stereocenters.